The van der Waals surface area contributed by atoms with Gasteiger partial charge in [0.1, 0.15) is 6.10 Å². The molecule has 0 bridgehead atoms. The van der Waals surface area contributed by atoms with Crippen molar-refractivity contribution in [3.63, 3.8) is 0 Å². The Labute approximate surface area is 70.7 Å². The molecule has 0 rings (SSSR count). The van der Waals surface area contributed by atoms with E-state index in [0.29, 0.717) is 0 Å². The van der Waals surface area contributed by atoms with Crippen molar-refractivity contribution < 1.29 is 39.1 Å². The average molecular weight is 202 g/mol. The van der Waals surface area contributed by atoms with E-state index in [4.69, 9.17) is 25.5 Å². The lowest BCUT2D eigenvalue weighted by Gasteiger charge is -2.29. The van der Waals surface area contributed by atoms with Crippen LogP contribution in [-0.4, -0.2) is 55.9 Å². The highest BCUT2D eigenvalue weighted by atomic mass is 19.2. The van der Waals surface area contributed by atoms with E-state index in [9.17, 15) is 13.6 Å². The highest BCUT2D eigenvalue weighted by Crippen LogP contribution is 2.29. The molecule has 0 aliphatic heterocycles. The summed E-state index contributed by atoms with van der Waals surface area (Å²) in [6.45, 7) is -1.45. The summed E-state index contributed by atoms with van der Waals surface area (Å²) < 4.78 is 25.1. The van der Waals surface area contributed by atoms with Gasteiger partial charge in [0, 0.05) is 0 Å². The lowest BCUT2D eigenvalue weighted by molar-refractivity contribution is -0.317. The highest BCUT2D eigenvalue weighted by Gasteiger charge is 2.62. The molecule has 0 aliphatic carbocycles. The van der Waals surface area contributed by atoms with E-state index < -0.39 is 30.4 Å². The third kappa shape index (κ3) is 1.91. The lowest BCUT2D eigenvalue weighted by Crippen LogP contribution is -2.60. The molecular weight excluding hydrogens is 194 g/mol. The van der Waals surface area contributed by atoms with Crippen molar-refractivity contribution in [2.24, 2.45) is 0 Å². The number of aliphatic hydroxyl groups excluding tert-OH is 2. The predicted octanol–water partition coefficient (Wildman–Crippen LogP) is -2.26. The van der Waals surface area contributed by atoms with Crippen molar-refractivity contribution in [1.82, 2.24) is 0 Å². The number of aliphatic hydroxyl groups is 4. The number of carboxylic acids is 1. The van der Waals surface area contributed by atoms with Crippen LogP contribution < -0.4 is 0 Å². The quantitative estimate of drug-likeness (QED) is 0.351. The molecule has 13 heavy (non-hydrogen) atoms. The molecule has 0 aromatic rings. The van der Waals surface area contributed by atoms with E-state index in [-0.39, 0.29) is 0 Å². The lowest BCUT2D eigenvalue weighted by atomic mass is 10.0. The maximum absolute atomic E-state index is 12.7. The van der Waals surface area contributed by atoms with Crippen LogP contribution in [0.1, 0.15) is 0 Å². The summed E-state index contributed by atoms with van der Waals surface area (Å²) in [6, 6.07) is 0. The first-order chi connectivity index (χ1) is 5.67. The second kappa shape index (κ2) is 3.50. The summed E-state index contributed by atoms with van der Waals surface area (Å²) >= 11 is 0. The zero-order valence-electron chi connectivity index (χ0n) is 6.18. The van der Waals surface area contributed by atoms with Crippen LogP contribution in [0.5, 0.6) is 0 Å². The van der Waals surface area contributed by atoms with E-state index in [1.54, 1.807) is 0 Å². The molecule has 3 atom stereocenters. The van der Waals surface area contributed by atoms with Gasteiger partial charge in [0.15, 0.2) is 0 Å². The van der Waals surface area contributed by atoms with Gasteiger partial charge in [-0.3, -0.25) is 0 Å². The van der Waals surface area contributed by atoms with Gasteiger partial charge < -0.3 is 25.5 Å². The minimum Gasteiger partial charge on any atom is -0.477 e. The first-order valence-corrected chi connectivity index (χ1v) is 3.02. The fourth-order valence-electron chi connectivity index (χ4n) is 0.492. The maximum Gasteiger partial charge on any atom is 0.375 e. The van der Waals surface area contributed by atoms with Crippen LogP contribution >= 0.6 is 0 Å². The van der Waals surface area contributed by atoms with Gasteiger partial charge in [-0.25, -0.2) is 9.18 Å². The van der Waals surface area contributed by atoms with Crippen LogP contribution in [0.3, 0.4) is 0 Å². The largest absolute Gasteiger partial charge is 0.477 e. The Balaban J connectivity index is 4.90. The van der Waals surface area contributed by atoms with E-state index in [1.165, 1.54) is 0 Å². The number of carboxylic acid groups (broad SMARTS) is 1. The molecule has 6 nitrogen and oxygen atoms in total. The van der Waals surface area contributed by atoms with Crippen molar-refractivity contribution in [3.8, 4) is 0 Å². The van der Waals surface area contributed by atoms with Crippen molar-refractivity contribution in [2.45, 2.75) is 17.8 Å². The van der Waals surface area contributed by atoms with E-state index >= 15 is 0 Å². The normalized spacial score (nSPS) is 22.9. The van der Waals surface area contributed by atoms with Crippen LogP contribution in [-0.2, 0) is 4.79 Å². The minimum absolute atomic E-state index is 1.45. The molecule has 0 radical (unpaired) electrons. The Kier molecular flexibility index (Phi) is 3.28. The Morgan fingerprint density at radius 1 is 1.38 bits per heavy atom. The van der Waals surface area contributed by atoms with E-state index in [1.807, 2.05) is 0 Å². The minimum atomic E-state index is -4.69. The highest BCUT2D eigenvalue weighted by molar-refractivity contribution is 5.76. The molecule has 5 N–H and O–H groups in total. The topological polar surface area (TPSA) is 118 Å². The number of aliphatic carboxylic acids is 1. The molecular formula is C5H8F2O6. The Morgan fingerprint density at radius 3 is 2.00 bits per heavy atom. The molecule has 0 fully saturated rings. The molecule has 0 saturated heterocycles. The second-order valence-electron chi connectivity index (χ2n) is 2.30. The van der Waals surface area contributed by atoms with Gasteiger partial charge in [-0.2, -0.15) is 4.39 Å². The van der Waals surface area contributed by atoms with Crippen molar-refractivity contribution >= 4 is 5.97 Å². The number of hydrogen-bond donors (Lipinski definition) is 5. The molecule has 78 valence electrons. The number of halogens is 2. The summed E-state index contributed by atoms with van der Waals surface area (Å²) in [5.74, 6) is -11.9. The summed E-state index contributed by atoms with van der Waals surface area (Å²) in [5, 5.41) is 41.1. The molecule has 0 amide bonds. The zero-order valence-corrected chi connectivity index (χ0v) is 6.18. The van der Waals surface area contributed by atoms with Crippen molar-refractivity contribution in [2.75, 3.05) is 6.61 Å². The van der Waals surface area contributed by atoms with Gasteiger partial charge in [-0.1, -0.05) is 0 Å². The summed E-state index contributed by atoms with van der Waals surface area (Å²) in [7, 11) is 0. The standard InChI is InChI=1S/C5H8F2O6/c6-4(12,2(9)1-8)5(7,13)3(10)11/h2,8-9,12-13H,1H2,(H,10,11)/t2-,4-,5+/m1/s1. The number of hydrogen-bond acceptors (Lipinski definition) is 5. The third-order valence-corrected chi connectivity index (χ3v) is 1.36. The molecule has 0 spiro atoms. The van der Waals surface area contributed by atoms with Gasteiger partial charge in [0.05, 0.1) is 6.61 Å². The Morgan fingerprint density at radius 2 is 1.77 bits per heavy atom. The van der Waals surface area contributed by atoms with Gasteiger partial charge in [-0.05, 0) is 0 Å². The maximum atomic E-state index is 12.7. The smallest absolute Gasteiger partial charge is 0.375 e. The van der Waals surface area contributed by atoms with Crippen molar-refractivity contribution in [1.29, 1.82) is 0 Å². The average Bonchev–Trinajstić information content (AvgIpc) is 2.02. The van der Waals surface area contributed by atoms with Gasteiger partial charge >= 0.3 is 17.7 Å². The third-order valence-electron chi connectivity index (χ3n) is 1.36. The molecule has 0 aromatic carbocycles. The molecule has 0 aromatic heterocycles. The molecule has 0 saturated carbocycles. The van der Waals surface area contributed by atoms with Crippen LogP contribution in [0, 0.1) is 0 Å². The molecule has 0 heterocycles. The van der Waals surface area contributed by atoms with Crippen molar-refractivity contribution in [3.05, 3.63) is 0 Å². The first-order valence-electron chi connectivity index (χ1n) is 3.02. The fourth-order valence-corrected chi connectivity index (χ4v) is 0.492. The molecule has 0 unspecified atom stereocenters. The van der Waals surface area contributed by atoms with E-state index in [2.05, 4.69) is 0 Å². The first kappa shape index (κ1) is 12.2. The van der Waals surface area contributed by atoms with Crippen LogP contribution in [0.25, 0.3) is 0 Å². The Hall–Kier alpha value is -0.830. The number of carbonyl (C=O) groups is 1. The fraction of sp³-hybridized carbons (Fsp3) is 0.800. The number of rotatable bonds is 4. The number of alkyl halides is 2. The monoisotopic (exact) mass is 202 g/mol. The van der Waals surface area contributed by atoms with Crippen LogP contribution in [0.2, 0.25) is 0 Å². The zero-order chi connectivity index (χ0) is 10.9. The van der Waals surface area contributed by atoms with Gasteiger partial charge in [-0.15, -0.1) is 0 Å². The van der Waals surface area contributed by atoms with Gasteiger partial charge in [0.2, 0.25) is 0 Å². The van der Waals surface area contributed by atoms with Gasteiger partial charge in [0.25, 0.3) is 0 Å². The predicted molar refractivity (Wildman–Crippen MR) is 32.8 cm³/mol. The summed E-state index contributed by atoms with van der Waals surface area (Å²) in [5.41, 5.74) is 0. The molecule has 8 heteroatoms. The Bertz CT molecular complexity index is 203. The summed E-state index contributed by atoms with van der Waals surface area (Å²) in [4.78, 5) is 9.87. The second-order valence-corrected chi connectivity index (χ2v) is 2.30. The SMILES string of the molecule is O=C(O)[C@@](O)(F)[C@@](O)(F)[C@H](O)CO. The van der Waals surface area contributed by atoms with Crippen LogP contribution in [0.15, 0.2) is 0 Å². The van der Waals surface area contributed by atoms with E-state index in [0.717, 1.165) is 0 Å². The van der Waals surface area contributed by atoms with Crippen LogP contribution in [0.4, 0.5) is 8.78 Å². The molecule has 0 aliphatic rings. The summed E-state index contributed by atoms with van der Waals surface area (Å²) in [6.07, 6.45) is -2.77.